The molecule has 0 radical (unpaired) electrons. The maximum Gasteiger partial charge on any atom is 0.141 e. The number of imidazole rings is 1. The number of methoxy groups -OCH3 is 1. The number of H-pyrrole nitrogens is 1. The van der Waals surface area contributed by atoms with Crippen LogP contribution in [0.1, 0.15) is 23.9 Å². The van der Waals surface area contributed by atoms with Gasteiger partial charge in [-0.05, 0) is 55.8 Å². The molecule has 0 amide bonds. The van der Waals surface area contributed by atoms with Crippen LogP contribution in [0.4, 0.5) is 0 Å². The van der Waals surface area contributed by atoms with Gasteiger partial charge in [0.15, 0.2) is 0 Å². The standard InChI is InChI=1S/C26H31BrN4O2Si/c1-17-13-22(32-3)23(19-9-10-29-24(17)19)26(2,15-28)25-30-20-8-7-18(27)14-21(20)31(25)16-33-11-12-34(4,5)6/h7-10,13-14,29H,11-12,16H2,1-6H3. The van der Waals surface area contributed by atoms with E-state index in [1.807, 2.05) is 54.9 Å². The quantitative estimate of drug-likeness (QED) is 0.199. The van der Waals surface area contributed by atoms with Gasteiger partial charge in [-0.2, -0.15) is 5.26 Å². The number of aryl methyl sites for hydroxylation is 1. The normalized spacial score (nSPS) is 13.8. The molecule has 0 spiro atoms. The highest BCUT2D eigenvalue weighted by Crippen LogP contribution is 2.43. The van der Waals surface area contributed by atoms with Crippen molar-refractivity contribution in [1.29, 1.82) is 5.26 Å². The van der Waals surface area contributed by atoms with Crippen molar-refractivity contribution < 1.29 is 9.47 Å². The van der Waals surface area contributed by atoms with E-state index >= 15 is 0 Å². The Morgan fingerprint density at radius 1 is 1.24 bits per heavy atom. The van der Waals surface area contributed by atoms with Gasteiger partial charge >= 0.3 is 0 Å². The maximum absolute atomic E-state index is 10.6. The Bertz CT molecular complexity index is 1400. The fraction of sp³-hybridized carbons (Fsp3) is 0.385. The Hall–Kier alpha value is -2.60. The monoisotopic (exact) mass is 538 g/mol. The summed E-state index contributed by atoms with van der Waals surface area (Å²) in [7, 11) is 0.425. The first-order valence-corrected chi connectivity index (χ1v) is 15.9. The molecule has 1 atom stereocenters. The Labute approximate surface area is 210 Å². The van der Waals surface area contributed by atoms with Gasteiger partial charge in [0, 0.05) is 41.8 Å². The molecule has 0 saturated heterocycles. The van der Waals surface area contributed by atoms with Crippen LogP contribution in [0.15, 0.2) is 41.0 Å². The molecular weight excluding hydrogens is 508 g/mol. The summed E-state index contributed by atoms with van der Waals surface area (Å²) in [5.41, 5.74) is 3.53. The molecule has 178 valence electrons. The van der Waals surface area contributed by atoms with Crippen molar-refractivity contribution in [1.82, 2.24) is 14.5 Å². The SMILES string of the molecule is COc1cc(C)c2[nH]ccc2c1C(C)(C#N)c1nc2ccc(Br)cc2n1COCC[Si](C)(C)C. The van der Waals surface area contributed by atoms with Crippen LogP contribution < -0.4 is 4.74 Å². The smallest absolute Gasteiger partial charge is 0.141 e. The lowest BCUT2D eigenvalue weighted by atomic mass is 9.80. The molecule has 2 aromatic heterocycles. The highest BCUT2D eigenvalue weighted by Gasteiger charge is 2.39. The third-order valence-corrected chi connectivity index (χ3v) is 8.52. The first-order chi connectivity index (χ1) is 16.1. The number of hydrogen-bond acceptors (Lipinski definition) is 4. The number of hydrogen-bond donors (Lipinski definition) is 1. The lowest BCUT2D eigenvalue weighted by Crippen LogP contribution is -2.28. The average Bonchev–Trinajstić information content (AvgIpc) is 3.41. The first-order valence-electron chi connectivity index (χ1n) is 11.4. The zero-order valence-corrected chi connectivity index (χ0v) is 23.2. The molecule has 0 saturated carbocycles. The Morgan fingerprint density at radius 3 is 2.68 bits per heavy atom. The number of nitrogens with zero attached hydrogens (tertiary/aromatic N) is 3. The zero-order valence-electron chi connectivity index (χ0n) is 20.6. The third-order valence-electron chi connectivity index (χ3n) is 6.32. The highest BCUT2D eigenvalue weighted by atomic mass is 79.9. The molecule has 0 bridgehead atoms. The molecule has 0 aliphatic rings. The minimum absolute atomic E-state index is 0.328. The minimum Gasteiger partial charge on any atom is -0.496 e. The number of nitriles is 1. The number of aromatic nitrogens is 3. The topological polar surface area (TPSA) is 75.9 Å². The predicted octanol–water partition coefficient (Wildman–Crippen LogP) is 6.74. The fourth-order valence-corrected chi connectivity index (χ4v) is 5.52. The van der Waals surface area contributed by atoms with Gasteiger partial charge in [-0.15, -0.1) is 0 Å². The van der Waals surface area contributed by atoms with Gasteiger partial charge in [-0.25, -0.2) is 4.98 Å². The number of halogens is 1. The van der Waals surface area contributed by atoms with Gasteiger partial charge in [0.1, 0.15) is 23.7 Å². The van der Waals surface area contributed by atoms with Crippen molar-refractivity contribution in [2.45, 2.75) is 51.7 Å². The molecule has 4 aromatic rings. The van der Waals surface area contributed by atoms with E-state index in [1.54, 1.807) is 7.11 Å². The number of rotatable bonds is 8. The second-order valence-electron chi connectivity index (χ2n) is 10.1. The van der Waals surface area contributed by atoms with E-state index in [9.17, 15) is 5.26 Å². The van der Waals surface area contributed by atoms with E-state index in [1.165, 1.54) is 0 Å². The van der Waals surface area contributed by atoms with Crippen LogP contribution >= 0.6 is 15.9 Å². The van der Waals surface area contributed by atoms with Gasteiger partial charge in [-0.1, -0.05) is 35.6 Å². The summed E-state index contributed by atoms with van der Waals surface area (Å²) in [6.45, 7) is 12.0. The van der Waals surface area contributed by atoms with E-state index in [-0.39, 0.29) is 0 Å². The highest BCUT2D eigenvalue weighted by molar-refractivity contribution is 9.10. The van der Waals surface area contributed by atoms with Crippen LogP contribution in [-0.4, -0.2) is 36.3 Å². The van der Waals surface area contributed by atoms with E-state index < -0.39 is 13.5 Å². The van der Waals surface area contributed by atoms with Crippen LogP contribution in [0.2, 0.25) is 25.7 Å². The van der Waals surface area contributed by atoms with E-state index in [0.29, 0.717) is 24.9 Å². The Balaban J connectivity index is 1.91. The van der Waals surface area contributed by atoms with Gasteiger partial charge < -0.3 is 19.0 Å². The van der Waals surface area contributed by atoms with Crippen LogP contribution in [0.5, 0.6) is 5.75 Å². The summed E-state index contributed by atoms with van der Waals surface area (Å²) in [6.07, 6.45) is 1.90. The number of benzene rings is 2. The first kappa shape index (κ1) is 24.5. The van der Waals surface area contributed by atoms with Crippen LogP contribution in [-0.2, 0) is 16.9 Å². The molecule has 2 heterocycles. The summed E-state index contributed by atoms with van der Waals surface area (Å²) in [6, 6.07) is 13.6. The minimum atomic E-state index is -1.22. The van der Waals surface area contributed by atoms with Crippen LogP contribution in [0, 0.1) is 18.3 Å². The third kappa shape index (κ3) is 4.40. The molecule has 2 aromatic carbocycles. The van der Waals surface area contributed by atoms with Crippen molar-refractivity contribution in [2.75, 3.05) is 13.7 Å². The fourth-order valence-electron chi connectivity index (χ4n) is 4.41. The number of ether oxygens (including phenoxy) is 2. The summed E-state index contributed by atoms with van der Waals surface area (Å²) in [5.74, 6) is 1.31. The van der Waals surface area contributed by atoms with Crippen molar-refractivity contribution in [3.05, 3.63) is 58.0 Å². The Morgan fingerprint density at radius 2 is 2.00 bits per heavy atom. The molecule has 0 aliphatic heterocycles. The summed E-state index contributed by atoms with van der Waals surface area (Å²) < 4.78 is 15.0. The van der Waals surface area contributed by atoms with Crippen LogP contribution in [0.3, 0.4) is 0 Å². The summed E-state index contributed by atoms with van der Waals surface area (Å²) in [5, 5.41) is 11.6. The van der Waals surface area contributed by atoms with Crippen LogP contribution in [0.25, 0.3) is 21.9 Å². The second-order valence-corrected chi connectivity index (χ2v) is 16.7. The number of aromatic amines is 1. The van der Waals surface area contributed by atoms with Crippen molar-refractivity contribution >= 4 is 45.9 Å². The van der Waals surface area contributed by atoms with Crippen molar-refractivity contribution in [2.24, 2.45) is 0 Å². The van der Waals surface area contributed by atoms with E-state index in [0.717, 1.165) is 43.6 Å². The Kier molecular flexibility index (Phi) is 6.64. The van der Waals surface area contributed by atoms with Crippen molar-refractivity contribution in [3.63, 3.8) is 0 Å². The number of fused-ring (bicyclic) bond motifs is 2. The van der Waals surface area contributed by atoms with Gasteiger partial charge in [0.05, 0.1) is 24.2 Å². The van der Waals surface area contributed by atoms with Gasteiger partial charge in [0.25, 0.3) is 0 Å². The molecule has 34 heavy (non-hydrogen) atoms. The average molecular weight is 540 g/mol. The van der Waals surface area contributed by atoms with Gasteiger partial charge in [0.2, 0.25) is 0 Å². The zero-order chi connectivity index (χ0) is 24.7. The van der Waals surface area contributed by atoms with Crippen molar-refractivity contribution in [3.8, 4) is 11.8 Å². The molecule has 4 rings (SSSR count). The largest absolute Gasteiger partial charge is 0.496 e. The lowest BCUT2D eigenvalue weighted by molar-refractivity contribution is 0.0868. The van der Waals surface area contributed by atoms with E-state index in [4.69, 9.17) is 14.5 Å². The summed E-state index contributed by atoms with van der Waals surface area (Å²) >= 11 is 3.59. The maximum atomic E-state index is 10.6. The summed E-state index contributed by atoms with van der Waals surface area (Å²) in [4.78, 5) is 8.28. The lowest BCUT2D eigenvalue weighted by Gasteiger charge is -2.26. The molecule has 1 N–H and O–H groups in total. The second kappa shape index (κ2) is 9.21. The molecular formula is C26H31BrN4O2Si. The number of nitrogens with one attached hydrogen (secondary N) is 1. The van der Waals surface area contributed by atoms with E-state index in [2.05, 4.69) is 46.6 Å². The van der Waals surface area contributed by atoms with Gasteiger partial charge in [-0.3, -0.25) is 0 Å². The molecule has 0 fully saturated rings. The molecule has 1 unspecified atom stereocenters. The predicted molar refractivity (Wildman–Crippen MR) is 143 cm³/mol. The molecule has 8 heteroatoms. The molecule has 0 aliphatic carbocycles. The molecule has 6 nitrogen and oxygen atoms in total.